The fraction of sp³-hybridized carbons (Fsp3) is 0.250. The summed E-state index contributed by atoms with van der Waals surface area (Å²) < 4.78 is 0. The molecule has 1 rings (SSSR count). The summed E-state index contributed by atoms with van der Waals surface area (Å²) in [7, 11) is 0. The highest BCUT2D eigenvalue weighted by Crippen LogP contribution is 1.93. The third-order valence-corrected chi connectivity index (χ3v) is 1.08. The number of carbonyl (C=O) groups excluding carboxylic acids is 1. The summed E-state index contributed by atoms with van der Waals surface area (Å²) in [5, 5.41) is 9.10. The second-order valence-electron chi connectivity index (χ2n) is 1.83. The molecular formula is C4H6N4O3. The molecule has 7 heteroatoms. The van der Waals surface area contributed by atoms with E-state index in [4.69, 9.17) is 10.8 Å². The highest BCUT2D eigenvalue weighted by atomic mass is 16.4. The molecule has 0 aromatic carbocycles. The molecule has 0 unspecified atom stereocenters. The zero-order valence-electron chi connectivity index (χ0n) is 5.44. The third-order valence-electron chi connectivity index (χ3n) is 1.08. The SMILES string of the molecule is NC(=O)C1=NCN(C(=O)O)N1. The maximum absolute atomic E-state index is 10.4. The molecule has 0 aliphatic carbocycles. The van der Waals surface area contributed by atoms with Gasteiger partial charge in [0.15, 0.2) is 0 Å². The number of primary amides is 1. The Balaban J connectivity index is 2.56. The Morgan fingerprint density at radius 3 is 2.64 bits per heavy atom. The van der Waals surface area contributed by atoms with Gasteiger partial charge in [-0.25, -0.2) is 9.79 Å². The van der Waals surface area contributed by atoms with Gasteiger partial charge in [-0.1, -0.05) is 0 Å². The van der Waals surface area contributed by atoms with Crippen LogP contribution in [0, 0.1) is 0 Å². The van der Waals surface area contributed by atoms with Crippen LogP contribution in [0.5, 0.6) is 0 Å². The van der Waals surface area contributed by atoms with E-state index in [-0.39, 0.29) is 12.5 Å². The van der Waals surface area contributed by atoms with Gasteiger partial charge in [-0.05, 0) is 0 Å². The Kier molecular flexibility index (Phi) is 1.63. The van der Waals surface area contributed by atoms with Gasteiger partial charge in [0.25, 0.3) is 5.91 Å². The van der Waals surface area contributed by atoms with Crippen LogP contribution in [0.1, 0.15) is 0 Å². The van der Waals surface area contributed by atoms with Crippen molar-refractivity contribution in [2.24, 2.45) is 10.7 Å². The van der Waals surface area contributed by atoms with E-state index < -0.39 is 12.0 Å². The molecule has 4 N–H and O–H groups in total. The maximum atomic E-state index is 10.4. The van der Waals surface area contributed by atoms with Crippen LogP contribution in [-0.2, 0) is 4.79 Å². The summed E-state index contributed by atoms with van der Waals surface area (Å²) in [5.74, 6) is -0.902. The van der Waals surface area contributed by atoms with Crippen molar-refractivity contribution in [1.82, 2.24) is 10.4 Å². The minimum absolute atomic E-state index is 0.104. The van der Waals surface area contributed by atoms with Crippen molar-refractivity contribution in [3.05, 3.63) is 0 Å². The largest absolute Gasteiger partial charge is 0.464 e. The maximum Gasteiger partial charge on any atom is 0.427 e. The lowest BCUT2D eigenvalue weighted by atomic mass is 10.6. The standard InChI is InChI=1S/C4H6N4O3/c5-2(9)3-6-1-8(7-3)4(10)11/h1H2,(H2,5,9)(H,6,7)(H,10,11). The van der Waals surface area contributed by atoms with E-state index in [2.05, 4.69) is 10.4 Å². The number of amides is 2. The van der Waals surface area contributed by atoms with Gasteiger partial charge >= 0.3 is 6.09 Å². The van der Waals surface area contributed by atoms with Crippen molar-refractivity contribution in [2.75, 3.05) is 6.67 Å². The Hall–Kier alpha value is -1.79. The number of amidine groups is 1. The van der Waals surface area contributed by atoms with Gasteiger partial charge < -0.3 is 10.8 Å². The molecule has 60 valence electrons. The topological polar surface area (TPSA) is 108 Å². The monoisotopic (exact) mass is 158 g/mol. The molecule has 0 saturated carbocycles. The number of rotatable bonds is 1. The van der Waals surface area contributed by atoms with Crippen LogP contribution >= 0.6 is 0 Å². The predicted octanol–water partition coefficient (Wildman–Crippen LogP) is -1.67. The molecular weight excluding hydrogens is 152 g/mol. The van der Waals surface area contributed by atoms with E-state index in [1.54, 1.807) is 0 Å². The summed E-state index contributed by atoms with van der Waals surface area (Å²) in [4.78, 5) is 24.1. The highest BCUT2D eigenvalue weighted by molar-refractivity contribution is 6.37. The van der Waals surface area contributed by atoms with Crippen LogP contribution in [0.25, 0.3) is 0 Å². The van der Waals surface area contributed by atoms with Gasteiger partial charge in [-0.15, -0.1) is 0 Å². The van der Waals surface area contributed by atoms with Gasteiger partial charge in [0.1, 0.15) is 6.67 Å². The third kappa shape index (κ3) is 1.37. The smallest absolute Gasteiger partial charge is 0.427 e. The molecule has 0 aromatic rings. The molecule has 0 fully saturated rings. The van der Waals surface area contributed by atoms with Crippen molar-refractivity contribution in [3.8, 4) is 0 Å². The predicted molar refractivity (Wildman–Crippen MR) is 34.5 cm³/mol. The van der Waals surface area contributed by atoms with E-state index >= 15 is 0 Å². The molecule has 0 aromatic heterocycles. The normalized spacial score (nSPS) is 15.6. The number of nitrogens with two attached hydrogens (primary N) is 1. The lowest BCUT2D eigenvalue weighted by Gasteiger charge is -2.09. The zero-order valence-corrected chi connectivity index (χ0v) is 5.44. The molecule has 0 spiro atoms. The van der Waals surface area contributed by atoms with Crippen LogP contribution in [0.4, 0.5) is 4.79 Å². The Morgan fingerprint density at radius 1 is 1.73 bits per heavy atom. The first kappa shape index (κ1) is 7.32. The van der Waals surface area contributed by atoms with Crippen molar-refractivity contribution in [3.63, 3.8) is 0 Å². The number of nitrogens with one attached hydrogen (secondary N) is 1. The summed E-state index contributed by atoms with van der Waals surface area (Å²) in [5.41, 5.74) is 7.01. The summed E-state index contributed by atoms with van der Waals surface area (Å²) >= 11 is 0. The van der Waals surface area contributed by atoms with Crippen LogP contribution < -0.4 is 11.2 Å². The lowest BCUT2D eigenvalue weighted by Crippen LogP contribution is -2.44. The van der Waals surface area contributed by atoms with E-state index in [0.717, 1.165) is 5.01 Å². The summed E-state index contributed by atoms with van der Waals surface area (Å²) in [6.07, 6.45) is -1.20. The number of hydrogen-bond donors (Lipinski definition) is 3. The van der Waals surface area contributed by atoms with Crippen LogP contribution in [0.3, 0.4) is 0 Å². The van der Waals surface area contributed by atoms with E-state index in [9.17, 15) is 9.59 Å². The molecule has 1 aliphatic heterocycles. The van der Waals surface area contributed by atoms with Crippen LogP contribution in [0.15, 0.2) is 4.99 Å². The van der Waals surface area contributed by atoms with Crippen molar-refractivity contribution >= 4 is 17.8 Å². The molecule has 1 aliphatic rings. The average Bonchev–Trinajstić information content (AvgIpc) is 2.33. The molecule has 11 heavy (non-hydrogen) atoms. The van der Waals surface area contributed by atoms with Gasteiger partial charge in [0, 0.05) is 0 Å². The quantitative estimate of drug-likeness (QED) is 0.423. The van der Waals surface area contributed by atoms with Gasteiger partial charge in [0.2, 0.25) is 5.84 Å². The molecule has 0 radical (unpaired) electrons. The first-order chi connectivity index (χ1) is 5.11. The van der Waals surface area contributed by atoms with Crippen molar-refractivity contribution < 1.29 is 14.7 Å². The van der Waals surface area contributed by atoms with Gasteiger partial charge in [0.05, 0.1) is 0 Å². The minimum Gasteiger partial charge on any atom is -0.464 e. The second kappa shape index (κ2) is 2.45. The Labute approximate surface area is 61.5 Å². The summed E-state index contributed by atoms with van der Waals surface area (Å²) in [6.45, 7) is -0.104. The molecule has 0 bridgehead atoms. The lowest BCUT2D eigenvalue weighted by molar-refractivity contribution is -0.112. The molecule has 7 nitrogen and oxygen atoms in total. The molecule has 0 saturated heterocycles. The van der Waals surface area contributed by atoms with Gasteiger partial charge in [-0.3, -0.25) is 10.2 Å². The first-order valence-electron chi connectivity index (χ1n) is 2.72. The zero-order chi connectivity index (χ0) is 8.43. The Bertz CT molecular complexity index is 235. The molecule has 0 atom stereocenters. The Morgan fingerprint density at radius 2 is 2.36 bits per heavy atom. The molecule has 1 heterocycles. The number of nitrogens with zero attached hydrogens (tertiary/aromatic N) is 2. The molecule has 2 amide bonds. The van der Waals surface area contributed by atoms with E-state index in [1.165, 1.54) is 0 Å². The van der Waals surface area contributed by atoms with Gasteiger partial charge in [-0.2, -0.15) is 5.01 Å². The number of aliphatic imine (C=N–C) groups is 1. The fourth-order valence-corrected chi connectivity index (χ4v) is 0.581. The average molecular weight is 158 g/mol. The van der Waals surface area contributed by atoms with E-state index in [0.29, 0.717) is 0 Å². The minimum atomic E-state index is -1.20. The number of hydrazine groups is 1. The fourth-order valence-electron chi connectivity index (χ4n) is 0.581. The van der Waals surface area contributed by atoms with Crippen molar-refractivity contribution in [2.45, 2.75) is 0 Å². The highest BCUT2D eigenvalue weighted by Gasteiger charge is 2.21. The van der Waals surface area contributed by atoms with E-state index in [1.807, 2.05) is 0 Å². The number of carbonyl (C=O) groups is 2. The van der Waals surface area contributed by atoms with Crippen LogP contribution in [-0.4, -0.2) is 34.6 Å². The van der Waals surface area contributed by atoms with Crippen LogP contribution in [0.2, 0.25) is 0 Å². The second-order valence-corrected chi connectivity index (χ2v) is 1.83. The first-order valence-corrected chi connectivity index (χ1v) is 2.72. The van der Waals surface area contributed by atoms with Crippen molar-refractivity contribution in [1.29, 1.82) is 0 Å². The number of hydrogen-bond acceptors (Lipinski definition) is 4. The number of carboxylic acid groups (broad SMARTS) is 1. The summed E-state index contributed by atoms with van der Waals surface area (Å²) in [6, 6.07) is 0.